The van der Waals surface area contributed by atoms with Crippen molar-refractivity contribution in [2.45, 2.75) is 6.92 Å². The highest BCUT2D eigenvalue weighted by Gasteiger charge is 2.15. The molecule has 3 rings (SSSR count). The van der Waals surface area contributed by atoms with Gasteiger partial charge in [0.25, 0.3) is 0 Å². The van der Waals surface area contributed by atoms with E-state index in [2.05, 4.69) is 15.3 Å². The van der Waals surface area contributed by atoms with E-state index in [1.165, 1.54) is 32.5 Å². The van der Waals surface area contributed by atoms with Crippen LogP contribution in [0.2, 0.25) is 0 Å². The molecule has 0 aliphatic carbocycles. The number of carbonyl (C=O) groups is 1. The molecule has 0 aliphatic heterocycles. The second-order valence-corrected chi connectivity index (χ2v) is 5.22. The Labute approximate surface area is 157 Å². The third kappa shape index (κ3) is 4.20. The molecule has 0 bridgehead atoms. The zero-order valence-corrected chi connectivity index (χ0v) is 14.9. The maximum absolute atomic E-state index is 13.4. The molecular formula is C17H13ClF3N3O3. The second-order valence-electron chi connectivity index (χ2n) is 5.22. The van der Waals surface area contributed by atoms with Crippen LogP contribution in [0.5, 0.6) is 11.5 Å². The van der Waals surface area contributed by atoms with Gasteiger partial charge in [-0.05, 0) is 6.07 Å². The lowest BCUT2D eigenvalue weighted by atomic mass is 10.2. The normalized spacial score (nSPS) is 10.3. The van der Waals surface area contributed by atoms with Gasteiger partial charge in [0, 0.05) is 36.2 Å². The van der Waals surface area contributed by atoms with Gasteiger partial charge >= 0.3 is 5.97 Å². The van der Waals surface area contributed by atoms with Crippen LogP contribution in [0, 0.1) is 17.5 Å². The summed E-state index contributed by atoms with van der Waals surface area (Å²) in [5.41, 5.74) is 0.379. The summed E-state index contributed by atoms with van der Waals surface area (Å²) in [7, 11) is 1.40. The lowest BCUT2D eigenvalue weighted by molar-refractivity contribution is -0.132. The van der Waals surface area contributed by atoms with Crippen LogP contribution < -0.4 is 14.8 Å². The maximum atomic E-state index is 13.4. The lowest BCUT2D eigenvalue weighted by Gasteiger charge is -2.12. The summed E-state index contributed by atoms with van der Waals surface area (Å²) in [4.78, 5) is 19.4. The smallest absolute Gasteiger partial charge is 0.308 e. The van der Waals surface area contributed by atoms with E-state index in [1.807, 2.05) is 0 Å². The summed E-state index contributed by atoms with van der Waals surface area (Å²) in [6, 6.07) is 4.56. The van der Waals surface area contributed by atoms with Gasteiger partial charge in [-0.15, -0.1) is 12.4 Å². The molecule has 3 aromatic rings. The fraction of sp³-hybridized carbons (Fsp3) is 0.118. The minimum absolute atomic E-state index is 0. The summed E-state index contributed by atoms with van der Waals surface area (Å²) in [5, 5.41) is 3.09. The predicted octanol–water partition coefficient (Wildman–Crippen LogP) is 4.15. The molecule has 27 heavy (non-hydrogen) atoms. The number of methoxy groups -OCH3 is 1. The Morgan fingerprint density at radius 2 is 1.70 bits per heavy atom. The first-order valence-electron chi connectivity index (χ1n) is 7.31. The van der Waals surface area contributed by atoms with Gasteiger partial charge in [0.05, 0.1) is 12.6 Å². The van der Waals surface area contributed by atoms with E-state index in [0.717, 1.165) is 12.1 Å². The summed E-state index contributed by atoms with van der Waals surface area (Å²) >= 11 is 0. The van der Waals surface area contributed by atoms with Crippen LogP contribution in [0.15, 0.2) is 30.6 Å². The number of hydrogen-bond donors (Lipinski definition) is 1. The molecule has 10 heteroatoms. The first-order valence-corrected chi connectivity index (χ1v) is 7.31. The van der Waals surface area contributed by atoms with Crippen LogP contribution in [0.3, 0.4) is 0 Å². The van der Waals surface area contributed by atoms with Crippen LogP contribution in [-0.4, -0.2) is 23.0 Å². The lowest BCUT2D eigenvalue weighted by Crippen LogP contribution is -2.04. The molecule has 1 aromatic heterocycles. The fourth-order valence-electron chi connectivity index (χ4n) is 2.32. The Balaban J connectivity index is 0.00000261. The molecule has 0 aliphatic rings. The third-order valence-corrected chi connectivity index (χ3v) is 3.42. The van der Waals surface area contributed by atoms with Gasteiger partial charge in [0.2, 0.25) is 0 Å². The molecule has 0 unspecified atom stereocenters. The van der Waals surface area contributed by atoms with Crippen molar-refractivity contribution in [2.24, 2.45) is 0 Å². The highest BCUT2D eigenvalue weighted by Crippen LogP contribution is 2.35. The molecule has 0 radical (unpaired) electrons. The van der Waals surface area contributed by atoms with Crippen LogP contribution in [0.1, 0.15) is 6.92 Å². The van der Waals surface area contributed by atoms with E-state index < -0.39 is 23.4 Å². The Hall–Kier alpha value is -3.07. The molecule has 1 heterocycles. The maximum Gasteiger partial charge on any atom is 0.308 e. The molecule has 0 amide bonds. The zero-order chi connectivity index (χ0) is 18.8. The number of nitrogens with zero attached hydrogens (tertiary/aromatic N) is 2. The molecule has 0 spiro atoms. The van der Waals surface area contributed by atoms with Gasteiger partial charge in [0.1, 0.15) is 12.1 Å². The Kier molecular flexibility index (Phi) is 6.06. The van der Waals surface area contributed by atoms with E-state index in [-0.39, 0.29) is 35.4 Å². The Morgan fingerprint density at radius 1 is 1.04 bits per heavy atom. The van der Waals surface area contributed by atoms with Crippen molar-refractivity contribution in [2.75, 3.05) is 12.4 Å². The summed E-state index contributed by atoms with van der Waals surface area (Å²) < 4.78 is 50.1. The standard InChI is InChI=1S/C17H12F3N3O3.ClH/c1-8(24)26-15-5-10-13(6-14(15)25-2)21-7-22-17(10)23-9-3-11(18)16(20)12(19)4-9;/h3-7H,1-2H3,(H,21,22,23);1H. The van der Waals surface area contributed by atoms with E-state index in [4.69, 9.17) is 9.47 Å². The number of carbonyl (C=O) groups excluding carboxylic acids is 1. The molecule has 6 nitrogen and oxygen atoms in total. The van der Waals surface area contributed by atoms with Gasteiger partial charge in [0.15, 0.2) is 29.0 Å². The van der Waals surface area contributed by atoms with Crippen molar-refractivity contribution >= 4 is 40.8 Å². The van der Waals surface area contributed by atoms with Crippen LogP contribution in [0.25, 0.3) is 10.9 Å². The number of hydrogen-bond acceptors (Lipinski definition) is 6. The number of fused-ring (bicyclic) bond motifs is 1. The number of benzene rings is 2. The van der Waals surface area contributed by atoms with Crippen LogP contribution >= 0.6 is 12.4 Å². The summed E-state index contributed by atoms with van der Waals surface area (Å²) in [5.74, 6) is -4.22. The molecule has 0 atom stereocenters. The molecule has 0 saturated carbocycles. The fourth-order valence-corrected chi connectivity index (χ4v) is 2.32. The van der Waals surface area contributed by atoms with Gasteiger partial charge in [-0.25, -0.2) is 23.1 Å². The number of anilines is 2. The molecule has 1 N–H and O–H groups in total. The van der Waals surface area contributed by atoms with Crippen molar-refractivity contribution in [1.82, 2.24) is 9.97 Å². The largest absolute Gasteiger partial charge is 0.493 e. The number of ether oxygens (including phenoxy) is 2. The van der Waals surface area contributed by atoms with Crippen molar-refractivity contribution in [3.05, 3.63) is 48.0 Å². The van der Waals surface area contributed by atoms with Gasteiger partial charge in [-0.2, -0.15) is 0 Å². The molecule has 142 valence electrons. The number of halogens is 4. The van der Waals surface area contributed by atoms with Crippen molar-refractivity contribution in [3.63, 3.8) is 0 Å². The highest BCUT2D eigenvalue weighted by molar-refractivity contribution is 5.93. The van der Waals surface area contributed by atoms with E-state index in [0.29, 0.717) is 10.9 Å². The first-order chi connectivity index (χ1) is 12.4. The minimum atomic E-state index is -1.56. The van der Waals surface area contributed by atoms with Crippen LogP contribution in [-0.2, 0) is 4.79 Å². The number of aromatic nitrogens is 2. The van der Waals surface area contributed by atoms with E-state index in [1.54, 1.807) is 0 Å². The summed E-state index contributed by atoms with van der Waals surface area (Å²) in [6.07, 6.45) is 1.23. The third-order valence-electron chi connectivity index (χ3n) is 3.42. The highest BCUT2D eigenvalue weighted by atomic mass is 35.5. The van der Waals surface area contributed by atoms with Gasteiger partial charge in [-0.1, -0.05) is 0 Å². The Morgan fingerprint density at radius 3 is 2.30 bits per heavy atom. The predicted molar refractivity (Wildman–Crippen MR) is 94.2 cm³/mol. The van der Waals surface area contributed by atoms with Crippen molar-refractivity contribution in [1.29, 1.82) is 0 Å². The van der Waals surface area contributed by atoms with E-state index >= 15 is 0 Å². The summed E-state index contributed by atoms with van der Waals surface area (Å²) in [6.45, 7) is 1.23. The SMILES string of the molecule is COc1cc2ncnc(Nc3cc(F)c(F)c(F)c3)c2cc1OC(C)=O.Cl. The minimum Gasteiger partial charge on any atom is -0.493 e. The molecule has 0 fully saturated rings. The second kappa shape index (κ2) is 8.09. The molecule has 0 saturated heterocycles. The van der Waals surface area contributed by atoms with Gasteiger partial charge < -0.3 is 14.8 Å². The molecule has 2 aromatic carbocycles. The topological polar surface area (TPSA) is 73.3 Å². The first kappa shape index (κ1) is 20.2. The average molecular weight is 400 g/mol. The quantitative estimate of drug-likeness (QED) is 0.403. The zero-order valence-electron chi connectivity index (χ0n) is 14.0. The van der Waals surface area contributed by atoms with Crippen molar-refractivity contribution in [3.8, 4) is 11.5 Å². The number of rotatable bonds is 4. The van der Waals surface area contributed by atoms with Crippen LogP contribution in [0.4, 0.5) is 24.7 Å². The molecular weight excluding hydrogens is 387 g/mol. The van der Waals surface area contributed by atoms with Crippen molar-refractivity contribution < 1.29 is 27.4 Å². The monoisotopic (exact) mass is 399 g/mol. The number of nitrogens with one attached hydrogen (secondary N) is 1. The average Bonchev–Trinajstić information content (AvgIpc) is 2.59. The Bertz CT molecular complexity index is 994. The van der Waals surface area contributed by atoms with Gasteiger partial charge in [-0.3, -0.25) is 4.79 Å². The van der Waals surface area contributed by atoms with E-state index in [9.17, 15) is 18.0 Å². The number of esters is 1.